The second-order valence-electron chi connectivity index (χ2n) is 4.14. The van der Waals surface area contributed by atoms with Gasteiger partial charge < -0.3 is 19.7 Å². The van der Waals surface area contributed by atoms with Crippen molar-refractivity contribution in [3.63, 3.8) is 0 Å². The Morgan fingerprint density at radius 2 is 2.18 bits per heavy atom. The second-order valence-corrected chi connectivity index (χ2v) is 4.14. The topological polar surface area (TPSA) is 82.8 Å². The van der Waals surface area contributed by atoms with Crippen LogP contribution in [-0.4, -0.2) is 48.6 Å². The van der Waals surface area contributed by atoms with Crippen LogP contribution in [0.1, 0.15) is 27.8 Å². The molecule has 1 rings (SSSR count). The van der Waals surface area contributed by atoms with Crippen molar-refractivity contribution in [1.29, 1.82) is 0 Å². The first-order valence-corrected chi connectivity index (χ1v) is 5.17. The van der Waals surface area contributed by atoms with E-state index < -0.39 is 11.9 Å². The highest BCUT2D eigenvalue weighted by Crippen LogP contribution is 2.07. The van der Waals surface area contributed by atoms with Crippen LogP contribution in [0.2, 0.25) is 0 Å². The Bertz CT molecular complexity index is 411. The molecule has 1 aromatic heterocycles. The van der Waals surface area contributed by atoms with Crippen molar-refractivity contribution in [3.05, 3.63) is 23.7 Å². The van der Waals surface area contributed by atoms with Gasteiger partial charge >= 0.3 is 5.97 Å². The summed E-state index contributed by atoms with van der Waals surface area (Å²) in [6.45, 7) is 2.55. The second kappa shape index (κ2) is 5.49. The molecule has 1 atom stereocenters. The fraction of sp³-hybridized carbons (Fsp3) is 0.455. The zero-order valence-electron chi connectivity index (χ0n) is 10.1. The molecule has 0 fully saturated rings. The van der Waals surface area contributed by atoms with Gasteiger partial charge in [0.25, 0.3) is 5.91 Å². The molecule has 1 heterocycles. The quantitative estimate of drug-likeness (QED) is 0.790. The minimum Gasteiger partial charge on any atom is -0.478 e. The number of nitrogens with zero attached hydrogens (tertiary/aromatic N) is 1. The summed E-state index contributed by atoms with van der Waals surface area (Å²) >= 11 is 0. The molecule has 1 amide bonds. The molecule has 0 saturated heterocycles. The van der Waals surface area contributed by atoms with E-state index in [2.05, 4.69) is 5.32 Å². The van der Waals surface area contributed by atoms with Gasteiger partial charge in [-0.3, -0.25) is 4.79 Å². The van der Waals surface area contributed by atoms with Crippen LogP contribution >= 0.6 is 0 Å². The van der Waals surface area contributed by atoms with Crippen molar-refractivity contribution in [2.75, 3.05) is 20.6 Å². The third-order valence-electron chi connectivity index (χ3n) is 2.09. The van der Waals surface area contributed by atoms with Crippen molar-refractivity contribution in [2.24, 2.45) is 0 Å². The van der Waals surface area contributed by atoms with E-state index in [1.165, 1.54) is 6.07 Å². The first kappa shape index (κ1) is 13.2. The highest BCUT2D eigenvalue weighted by atomic mass is 16.4. The first-order valence-electron chi connectivity index (χ1n) is 5.17. The molecule has 17 heavy (non-hydrogen) atoms. The average Bonchev–Trinajstić information content (AvgIpc) is 2.64. The zero-order valence-corrected chi connectivity index (χ0v) is 10.1. The summed E-state index contributed by atoms with van der Waals surface area (Å²) in [5.41, 5.74) is -0.0320. The Balaban J connectivity index is 2.60. The van der Waals surface area contributed by atoms with Gasteiger partial charge in [0, 0.05) is 18.7 Å². The van der Waals surface area contributed by atoms with Gasteiger partial charge in [0.15, 0.2) is 5.76 Å². The summed E-state index contributed by atoms with van der Waals surface area (Å²) in [6, 6.07) is 1.16. The number of hydrogen-bond donors (Lipinski definition) is 2. The van der Waals surface area contributed by atoms with E-state index in [0.717, 1.165) is 6.26 Å². The van der Waals surface area contributed by atoms with Gasteiger partial charge in [-0.25, -0.2) is 4.79 Å². The lowest BCUT2D eigenvalue weighted by Crippen LogP contribution is -2.39. The monoisotopic (exact) mass is 240 g/mol. The summed E-state index contributed by atoms with van der Waals surface area (Å²) in [4.78, 5) is 24.2. The largest absolute Gasteiger partial charge is 0.478 e. The SMILES string of the molecule is CC(CN(C)C)NC(=O)c1cc(C(=O)O)co1. The highest BCUT2D eigenvalue weighted by Gasteiger charge is 2.16. The van der Waals surface area contributed by atoms with Gasteiger partial charge in [-0.2, -0.15) is 0 Å². The maximum absolute atomic E-state index is 11.7. The zero-order chi connectivity index (χ0) is 13.0. The Kier molecular flexibility index (Phi) is 4.28. The molecule has 1 unspecified atom stereocenters. The molecular formula is C11H16N2O4. The molecule has 6 heteroatoms. The van der Waals surface area contributed by atoms with Crippen molar-refractivity contribution < 1.29 is 19.1 Å². The van der Waals surface area contributed by atoms with Crippen molar-refractivity contribution in [3.8, 4) is 0 Å². The number of carboxylic acids is 1. The smallest absolute Gasteiger partial charge is 0.338 e. The molecule has 0 aromatic carbocycles. The Morgan fingerprint density at radius 1 is 1.53 bits per heavy atom. The summed E-state index contributed by atoms with van der Waals surface area (Å²) in [6.07, 6.45) is 1.05. The molecule has 0 aliphatic carbocycles. The number of carboxylic acid groups (broad SMARTS) is 1. The molecule has 0 radical (unpaired) electrons. The van der Waals surface area contributed by atoms with Crippen LogP contribution < -0.4 is 5.32 Å². The van der Waals surface area contributed by atoms with E-state index in [4.69, 9.17) is 9.52 Å². The number of rotatable bonds is 5. The van der Waals surface area contributed by atoms with Gasteiger partial charge in [-0.15, -0.1) is 0 Å². The van der Waals surface area contributed by atoms with E-state index >= 15 is 0 Å². The Morgan fingerprint density at radius 3 is 2.65 bits per heavy atom. The van der Waals surface area contributed by atoms with Crippen LogP contribution in [-0.2, 0) is 0 Å². The number of hydrogen-bond acceptors (Lipinski definition) is 4. The maximum Gasteiger partial charge on any atom is 0.338 e. The van der Waals surface area contributed by atoms with E-state index in [1.807, 2.05) is 25.9 Å². The minimum absolute atomic E-state index is 0.00741. The lowest BCUT2D eigenvalue weighted by molar-refractivity contribution is 0.0695. The normalized spacial score (nSPS) is 12.5. The van der Waals surface area contributed by atoms with Crippen molar-refractivity contribution in [2.45, 2.75) is 13.0 Å². The van der Waals surface area contributed by atoms with Crippen LogP contribution in [0.15, 0.2) is 16.7 Å². The van der Waals surface area contributed by atoms with Crippen LogP contribution in [0.5, 0.6) is 0 Å². The number of nitrogens with one attached hydrogen (secondary N) is 1. The number of furan rings is 1. The molecule has 94 valence electrons. The lowest BCUT2D eigenvalue weighted by atomic mass is 10.2. The highest BCUT2D eigenvalue weighted by molar-refractivity contribution is 5.95. The molecule has 0 aliphatic rings. The van der Waals surface area contributed by atoms with Gasteiger partial charge in [0.1, 0.15) is 6.26 Å². The molecule has 0 spiro atoms. The predicted octanol–water partition coefficient (Wildman–Crippen LogP) is 0.658. The molecule has 6 nitrogen and oxygen atoms in total. The fourth-order valence-corrected chi connectivity index (χ4v) is 1.46. The van der Waals surface area contributed by atoms with Crippen molar-refractivity contribution >= 4 is 11.9 Å². The van der Waals surface area contributed by atoms with Crippen LogP contribution in [0.4, 0.5) is 0 Å². The maximum atomic E-state index is 11.7. The Labute approximate surface area is 99.2 Å². The fourth-order valence-electron chi connectivity index (χ4n) is 1.46. The first-order chi connectivity index (χ1) is 7.90. The minimum atomic E-state index is -1.12. The predicted molar refractivity (Wildman–Crippen MR) is 61.1 cm³/mol. The summed E-state index contributed by atoms with van der Waals surface area (Å²) in [5.74, 6) is -1.52. The lowest BCUT2D eigenvalue weighted by Gasteiger charge is -2.17. The van der Waals surface area contributed by atoms with E-state index in [1.54, 1.807) is 0 Å². The third kappa shape index (κ3) is 3.92. The number of carbonyl (C=O) groups is 2. The molecule has 2 N–H and O–H groups in total. The number of aromatic carboxylic acids is 1. The molecule has 0 bridgehead atoms. The van der Waals surface area contributed by atoms with Gasteiger partial charge in [0.05, 0.1) is 5.56 Å². The standard InChI is InChI=1S/C11H16N2O4/c1-7(5-13(2)3)12-10(14)9-4-8(6-17-9)11(15)16/h4,6-7H,5H2,1-3H3,(H,12,14)(H,15,16). The molecule has 1 aromatic rings. The van der Waals surface area contributed by atoms with Gasteiger partial charge in [0.2, 0.25) is 0 Å². The number of carbonyl (C=O) groups excluding carboxylic acids is 1. The summed E-state index contributed by atoms with van der Waals surface area (Å²) in [5, 5.41) is 11.4. The van der Waals surface area contributed by atoms with Crippen LogP contribution in [0.25, 0.3) is 0 Å². The number of amides is 1. The van der Waals surface area contributed by atoms with E-state index in [-0.39, 0.29) is 17.4 Å². The average molecular weight is 240 g/mol. The van der Waals surface area contributed by atoms with Crippen molar-refractivity contribution in [1.82, 2.24) is 10.2 Å². The number of likely N-dealkylation sites (N-methyl/N-ethyl adjacent to an activating group) is 1. The molecular weight excluding hydrogens is 224 g/mol. The molecule has 0 aliphatic heterocycles. The summed E-state index contributed by atoms with van der Waals surface area (Å²) < 4.78 is 4.89. The molecule has 0 saturated carbocycles. The van der Waals surface area contributed by atoms with Gasteiger partial charge in [-0.05, 0) is 21.0 Å². The Hall–Kier alpha value is -1.82. The van der Waals surface area contributed by atoms with Crippen LogP contribution in [0.3, 0.4) is 0 Å². The third-order valence-corrected chi connectivity index (χ3v) is 2.09. The van der Waals surface area contributed by atoms with E-state index in [0.29, 0.717) is 6.54 Å². The van der Waals surface area contributed by atoms with Crippen LogP contribution in [0, 0.1) is 0 Å². The van der Waals surface area contributed by atoms with Gasteiger partial charge in [-0.1, -0.05) is 0 Å². The van der Waals surface area contributed by atoms with E-state index in [9.17, 15) is 9.59 Å². The summed E-state index contributed by atoms with van der Waals surface area (Å²) in [7, 11) is 3.80.